The predicted molar refractivity (Wildman–Crippen MR) is 125 cm³/mol. The van der Waals surface area contributed by atoms with Gasteiger partial charge in [-0.15, -0.1) is 50.5 Å². The first kappa shape index (κ1) is 23.1. The fourth-order valence-electron chi connectivity index (χ4n) is 1.50. The number of hydrogen-bond acceptors (Lipinski definition) is 5. The van der Waals surface area contributed by atoms with Gasteiger partial charge in [-0.2, -0.15) is 0 Å². The number of nitrogens with zero attached hydrogens (tertiary/aromatic N) is 3. The molecule has 0 spiro atoms. The first-order valence-corrected chi connectivity index (χ1v) is 9.52. The molecule has 0 fully saturated rings. The second kappa shape index (κ2) is 12.5. The Bertz CT molecular complexity index is 415. The molecule has 0 unspecified atom stereocenters. The molecule has 0 atom stereocenters. The maximum absolute atomic E-state index is 5.56. The average molecular weight is 451 g/mol. The van der Waals surface area contributed by atoms with E-state index in [0.29, 0.717) is 56.6 Å². The Kier molecular flexibility index (Phi) is 13.1. The summed E-state index contributed by atoms with van der Waals surface area (Å²) in [5, 5.41) is 0. The molecule has 0 saturated carbocycles. The third kappa shape index (κ3) is 9.42. The minimum atomic E-state index is 0.367. The van der Waals surface area contributed by atoms with Crippen LogP contribution in [0.5, 0.6) is 0 Å². The lowest BCUT2D eigenvalue weighted by Crippen LogP contribution is -2.43. The van der Waals surface area contributed by atoms with Crippen molar-refractivity contribution < 1.29 is 0 Å². The monoisotopic (exact) mass is 450 g/mol. The van der Waals surface area contributed by atoms with Gasteiger partial charge in [-0.1, -0.05) is 48.9 Å². The molecular weight excluding hydrogens is 433 g/mol. The Hall–Kier alpha value is 1.12. The molecule has 0 radical (unpaired) electrons. The molecule has 12 heteroatoms. The molecular formula is C10H18N4S8. The smallest absolute Gasteiger partial charge is 0.138 e. The van der Waals surface area contributed by atoms with Crippen molar-refractivity contribution in [3.63, 3.8) is 0 Å². The average Bonchev–Trinajstić information content (AvgIpc) is 2.39. The van der Waals surface area contributed by atoms with Gasteiger partial charge < -0.3 is 20.4 Å². The summed E-state index contributed by atoms with van der Waals surface area (Å²) in [6.07, 6.45) is 0. The Morgan fingerprint density at radius 1 is 0.636 bits per heavy atom. The van der Waals surface area contributed by atoms with Crippen molar-refractivity contribution in [3.8, 4) is 0 Å². The van der Waals surface area contributed by atoms with E-state index in [2.05, 4.69) is 50.5 Å². The lowest BCUT2D eigenvalue weighted by Gasteiger charge is -2.30. The zero-order valence-corrected chi connectivity index (χ0v) is 18.4. The van der Waals surface area contributed by atoms with Crippen molar-refractivity contribution in [1.29, 1.82) is 0 Å². The van der Waals surface area contributed by atoms with Gasteiger partial charge in [0.05, 0.1) is 0 Å². The summed E-state index contributed by atoms with van der Waals surface area (Å²) in [4.78, 5) is 5.46. The van der Waals surface area contributed by atoms with E-state index >= 15 is 0 Å². The number of thiocarbonyl (C=S) groups is 4. The summed E-state index contributed by atoms with van der Waals surface area (Å²) in [7, 11) is 0. The minimum Gasteiger partial charge on any atom is -0.355 e. The molecule has 0 aromatic heterocycles. The van der Waals surface area contributed by atoms with Crippen LogP contribution in [0, 0.1) is 0 Å². The largest absolute Gasteiger partial charge is 0.355 e. The molecule has 0 aliphatic carbocycles. The Labute approximate surface area is 175 Å². The number of thiol groups is 4. The van der Waals surface area contributed by atoms with Crippen LogP contribution >= 0.6 is 99.4 Å². The second-order valence-corrected chi connectivity index (χ2v) is 8.50. The van der Waals surface area contributed by atoms with E-state index in [-0.39, 0.29) is 0 Å². The highest BCUT2D eigenvalue weighted by molar-refractivity contribution is 8.13. The molecule has 0 heterocycles. The van der Waals surface area contributed by atoms with Gasteiger partial charge in [-0.3, -0.25) is 0 Å². The summed E-state index contributed by atoms with van der Waals surface area (Å²) < 4.78 is 1.72. The van der Waals surface area contributed by atoms with Crippen LogP contribution < -0.4 is 5.73 Å². The molecule has 4 nitrogen and oxygen atoms in total. The van der Waals surface area contributed by atoms with E-state index in [4.69, 9.17) is 54.6 Å². The molecule has 0 bridgehead atoms. The van der Waals surface area contributed by atoms with Crippen molar-refractivity contribution in [1.82, 2.24) is 14.7 Å². The number of rotatable bonds is 8. The molecule has 0 rings (SSSR count). The van der Waals surface area contributed by atoms with Crippen molar-refractivity contribution in [3.05, 3.63) is 0 Å². The summed E-state index contributed by atoms with van der Waals surface area (Å²) in [6.45, 7) is 3.53. The molecule has 0 aliphatic heterocycles. The maximum atomic E-state index is 5.56. The van der Waals surface area contributed by atoms with Crippen molar-refractivity contribution in [2.24, 2.45) is 5.73 Å². The molecule has 22 heavy (non-hydrogen) atoms. The van der Waals surface area contributed by atoms with Gasteiger partial charge >= 0.3 is 0 Å². The second-order valence-electron chi connectivity index (χ2n) is 4.04. The van der Waals surface area contributed by atoms with E-state index in [0.717, 1.165) is 0 Å². The van der Waals surface area contributed by atoms with E-state index in [1.54, 1.807) is 4.90 Å². The van der Waals surface area contributed by atoms with Crippen LogP contribution in [0.15, 0.2) is 0 Å². The Balaban J connectivity index is 4.61. The minimum absolute atomic E-state index is 0.367. The fraction of sp³-hybridized carbons (Fsp3) is 0.600. The van der Waals surface area contributed by atoms with Crippen molar-refractivity contribution in [2.45, 2.75) is 0 Å². The SMILES string of the molecule is NCCN(CCN(CCN(C(=S)S)C(=S)S)C(=S)S)C(=S)S. The molecule has 0 aromatic rings. The lowest BCUT2D eigenvalue weighted by molar-refractivity contribution is 0.346. The topological polar surface area (TPSA) is 35.7 Å². The van der Waals surface area contributed by atoms with E-state index in [1.807, 2.05) is 9.80 Å². The third-order valence-electron chi connectivity index (χ3n) is 2.64. The molecule has 126 valence electrons. The van der Waals surface area contributed by atoms with Crippen LogP contribution in [0.25, 0.3) is 0 Å². The predicted octanol–water partition coefficient (Wildman–Crippen LogP) is 1.71. The van der Waals surface area contributed by atoms with Crippen LogP contribution in [0.2, 0.25) is 0 Å². The van der Waals surface area contributed by atoms with Crippen molar-refractivity contribution >= 4 is 117 Å². The quantitative estimate of drug-likeness (QED) is 0.283. The van der Waals surface area contributed by atoms with E-state index in [9.17, 15) is 0 Å². The highest BCUT2D eigenvalue weighted by Gasteiger charge is 2.14. The standard InChI is InChI=1S/C10H18N4S8/c11-1-2-12(7(15)16)3-4-13(8(17)18)5-6-14(9(19)20)10(21)22/h1-6,11H2,(H,15,16)(H,17,18)(H,19,20)(H,21,22). The first-order chi connectivity index (χ1) is 10.2. The fourth-order valence-corrected chi connectivity index (χ4v) is 3.30. The third-order valence-corrected chi connectivity index (χ3v) is 4.64. The first-order valence-electron chi connectivity index (χ1n) is 6.09. The van der Waals surface area contributed by atoms with Crippen molar-refractivity contribution in [2.75, 3.05) is 39.3 Å². The van der Waals surface area contributed by atoms with Gasteiger partial charge in [-0.05, 0) is 0 Å². The summed E-state index contributed by atoms with van der Waals surface area (Å²) in [5.74, 6) is 0. The molecule has 0 aromatic carbocycles. The van der Waals surface area contributed by atoms with E-state index < -0.39 is 0 Å². The van der Waals surface area contributed by atoms with Gasteiger partial charge in [0.2, 0.25) is 0 Å². The number of hydrogen-bond donors (Lipinski definition) is 5. The summed E-state index contributed by atoms with van der Waals surface area (Å²) in [6, 6.07) is 0. The highest BCUT2D eigenvalue weighted by Crippen LogP contribution is 2.06. The zero-order valence-electron chi connectivity index (χ0n) is 11.6. The Morgan fingerprint density at radius 2 is 1.00 bits per heavy atom. The zero-order chi connectivity index (χ0) is 17.3. The van der Waals surface area contributed by atoms with Gasteiger partial charge in [0.25, 0.3) is 0 Å². The van der Waals surface area contributed by atoms with Gasteiger partial charge in [0.1, 0.15) is 17.3 Å². The molecule has 2 N–H and O–H groups in total. The highest BCUT2D eigenvalue weighted by atomic mass is 32.1. The van der Waals surface area contributed by atoms with Gasteiger partial charge in [0, 0.05) is 39.3 Å². The van der Waals surface area contributed by atoms with Crippen LogP contribution in [-0.2, 0) is 0 Å². The Morgan fingerprint density at radius 3 is 1.32 bits per heavy atom. The summed E-state index contributed by atoms with van der Waals surface area (Å²) in [5.41, 5.74) is 5.56. The van der Waals surface area contributed by atoms with Gasteiger partial charge in [-0.25, -0.2) is 0 Å². The number of nitrogens with two attached hydrogens (primary N) is 1. The van der Waals surface area contributed by atoms with Gasteiger partial charge in [0.15, 0.2) is 0 Å². The van der Waals surface area contributed by atoms with Crippen LogP contribution in [0.1, 0.15) is 0 Å². The molecule has 0 saturated heterocycles. The van der Waals surface area contributed by atoms with E-state index in [1.165, 1.54) is 0 Å². The molecule has 0 amide bonds. The van der Waals surface area contributed by atoms with Crippen LogP contribution in [-0.4, -0.2) is 71.3 Å². The van der Waals surface area contributed by atoms with Crippen LogP contribution in [0.3, 0.4) is 0 Å². The molecule has 0 aliphatic rings. The lowest BCUT2D eigenvalue weighted by atomic mass is 10.4. The maximum Gasteiger partial charge on any atom is 0.138 e. The summed E-state index contributed by atoms with van der Waals surface area (Å²) >= 11 is 37.0. The normalized spacial score (nSPS) is 10.0. The van der Waals surface area contributed by atoms with Crippen LogP contribution in [0.4, 0.5) is 0 Å².